The number of hydrogen-bond donors (Lipinski definition) is 2. The van der Waals surface area contributed by atoms with E-state index in [-0.39, 0.29) is 11.4 Å². The van der Waals surface area contributed by atoms with E-state index in [0.29, 0.717) is 12.8 Å². The van der Waals surface area contributed by atoms with Crippen LogP contribution in [0.25, 0.3) is 0 Å². The van der Waals surface area contributed by atoms with Crippen LogP contribution in [-0.4, -0.2) is 30.9 Å². The van der Waals surface area contributed by atoms with Crippen molar-refractivity contribution in [2.75, 3.05) is 6.54 Å². The van der Waals surface area contributed by atoms with Crippen molar-refractivity contribution >= 4 is 15.8 Å². The van der Waals surface area contributed by atoms with E-state index in [1.807, 2.05) is 0 Å². The maximum Gasteiger partial charge on any atom is 0.317 e. The predicted molar refractivity (Wildman–Crippen MR) is 75.1 cm³/mol. The Morgan fingerprint density at radius 1 is 1.15 bits per heavy atom. The summed E-state index contributed by atoms with van der Waals surface area (Å²) in [5, 5.41) is 11.6. The fourth-order valence-corrected chi connectivity index (χ4v) is 4.78. The van der Waals surface area contributed by atoms with Crippen molar-refractivity contribution in [3.8, 4) is 0 Å². The maximum atomic E-state index is 12.9. The molecule has 0 aliphatic heterocycles. The summed E-state index contributed by atoms with van der Waals surface area (Å²) in [5.41, 5.74) is 0. The number of hydrogen-bond acceptors (Lipinski definition) is 4. The number of nitrogens with one attached hydrogen (secondary N) is 1. The van der Waals surface area contributed by atoms with Gasteiger partial charge in [-0.2, -0.15) is 0 Å². The van der Waals surface area contributed by atoms with Crippen molar-refractivity contribution in [3.63, 3.8) is 0 Å². The molecule has 5 nitrogen and oxygen atoms in total. The van der Waals surface area contributed by atoms with Crippen LogP contribution in [0.15, 0.2) is 35.2 Å². The number of carbonyl (C=O) groups is 1. The summed E-state index contributed by atoms with van der Waals surface area (Å²) in [5.74, 6) is -1.04. The molecule has 2 rings (SSSR count). The monoisotopic (exact) mass is 297 g/mol. The fourth-order valence-electron chi connectivity index (χ4n) is 2.73. The molecule has 0 amide bonds. The molecule has 0 saturated heterocycles. The van der Waals surface area contributed by atoms with Gasteiger partial charge >= 0.3 is 5.97 Å². The van der Waals surface area contributed by atoms with Crippen LogP contribution in [0.1, 0.15) is 32.1 Å². The van der Waals surface area contributed by atoms with E-state index >= 15 is 0 Å². The normalized spacial score (nSPS) is 18.6. The van der Waals surface area contributed by atoms with Gasteiger partial charge in [0.2, 0.25) is 0 Å². The van der Waals surface area contributed by atoms with Gasteiger partial charge in [-0.05, 0) is 25.0 Å². The molecule has 0 aromatic heterocycles. The Balaban J connectivity index is 2.37. The van der Waals surface area contributed by atoms with Crippen molar-refractivity contribution in [2.24, 2.45) is 0 Å². The van der Waals surface area contributed by atoms with E-state index in [1.54, 1.807) is 30.3 Å². The quantitative estimate of drug-likeness (QED) is 0.865. The highest BCUT2D eigenvalue weighted by molar-refractivity contribution is 7.92. The van der Waals surface area contributed by atoms with Crippen molar-refractivity contribution in [1.29, 1.82) is 0 Å². The third-order valence-electron chi connectivity index (χ3n) is 3.79. The highest BCUT2D eigenvalue weighted by Gasteiger charge is 2.45. The van der Waals surface area contributed by atoms with Gasteiger partial charge in [0.25, 0.3) is 0 Å². The molecule has 110 valence electrons. The zero-order chi connectivity index (χ0) is 14.6. The molecular formula is C14H19NO4S. The van der Waals surface area contributed by atoms with Crippen molar-refractivity contribution < 1.29 is 18.3 Å². The zero-order valence-electron chi connectivity index (χ0n) is 11.2. The van der Waals surface area contributed by atoms with Crippen LogP contribution in [-0.2, 0) is 14.6 Å². The molecule has 6 heteroatoms. The SMILES string of the molecule is O=C(O)CNC1(S(=O)(=O)c2ccccc2)CCCCC1. The second-order valence-corrected chi connectivity index (χ2v) is 7.38. The molecule has 2 N–H and O–H groups in total. The summed E-state index contributed by atoms with van der Waals surface area (Å²) >= 11 is 0. The first-order valence-electron chi connectivity index (χ1n) is 6.74. The Labute approximate surface area is 118 Å². The van der Waals surface area contributed by atoms with Crippen LogP contribution in [0.3, 0.4) is 0 Å². The van der Waals surface area contributed by atoms with Crippen molar-refractivity contribution in [2.45, 2.75) is 41.9 Å². The molecule has 0 atom stereocenters. The first-order chi connectivity index (χ1) is 9.48. The average Bonchev–Trinajstić information content (AvgIpc) is 2.47. The summed E-state index contributed by atoms with van der Waals surface area (Å²) in [6, 6.07) is 8.25. The molecule has 1 aromatic carbocycles. The molecule has 0 bridgehead atoms. The minimum absolute atomic E-state index is 0.250. The summed E-state index contributed by atoms with van der Waals surface area (Å²) in [6.45, 7) is -0.341. The van der Waals surface area contributed by atoms with E-state index in [0.717, 1.165) is 19.3 Å². The van der Waals surface area contributed by atoms with Gasteiger partial charge in [0.15, 0.2) is 9.84 Å². The fraction of sp³-hybridized carbons (Fsp3) is 0.500. The number of rotatable bonds is 5. The van der Waals surface area contributed by atoms with Gasteiger partial charge < -0.3 is 5.11 Å². The van der Waals surface area contributed by atoms with E-state index in [1.165, 1.54) is 0 Å². The lowest BCUT2D eigenvalue weighted by Gasteiger charge is -2.37. The van der Waals surface area contributed by atoms with Crippen LogP contribution in [0, 0.1) is 0 Å². The highest BCUT2D eigenvalue weighted by Crippen LogP contribution is 2.36. The van der Waals surface area contributed by atoms with Gasteiger partial charge in [-0.25, -0.2) is 8.42 Å². The van der Waals surface area contributed by atoms with Crippen LogP contribution in [0.4, 0.5) is 0 Å². The van der Waals surface area contributed by atoms with Crippen LogP contribution in [0.5, 0.6) is 0 Å². The molecule has 1 aliphatic carbocycles. The number of aliphatic carboxylic acids is 1. The van der Waals surface area contributed by atoms with E-state index in [4.69, 9.17) is 5.11 Å². The molecule has 0 spiro atoms. The lowest BCUT2D eigenvalue weighted by molar-refractivity contribution is -0.136. The first kappa shape index (κ1) is 15.0. The topological polar surface area (TPSA) is 83.5 Å². The summed E-state index contributed by atoms with van der Waals surface area (Å²) in [4.78, 5) is 9.89. The van der Waals surface area contributed by atoms with Gasteiger partial charge in [-0.15, -0.1) is 0 Å². The van der Waals surface area contributed by atoms with Crippen LogP contribution >= 0.6 is 0 Å². The zero-order valence-corrected chi connectivity index (χ0v) is 12.0. The minimum atomic E-state index is -3.59. The summed E-state index contributed by atoms with van der Waals surface area (Å²) < 4.78 is 25.7. The van der Waals surface area contributed by atoms with Gasteiger partial charge in [0, 0.05) is 0 Å². The first-order valence-corrected chi connectivity index (χ1v) is 8.23. The summed E-state index contributed by atoms with van der Waals surface area (Å²) in [6.07, 6.45) is 3.48. The average molecular weight is 297 g/mol. The van der Waals surface area contributed by atoms with Crippen molar-refractivity contribution in [3.05, 3.63) is 30.3 Å². The smallest absolute Gasteiger partial charge is 0.317 e. The van der Waals surface area contributed by atoms with E-state index < -0.39 is 20.7 Å². The lowest BCUT2D eigenvalue weighted by atomic mass is 9.94. The molecule has 1 saturated carbocycles. The van der Waals surface area contributed by atoms with Crippen LogP contribution in [0.2, 0.25) is 0 Å². The van der Waals surface area contributed by atoms with E-state index in [9.17, 15) is 13.2 Å². The molecule has 0 unspecified atom stereocenters. The Morgan fingerprint density at radius 3 is 2.30 bits per heavy atom. The third kappa shape index (κ3) is 2.86. The van der Waals surface area contributed by atoms with Gasteiger partial charge in [-0.1, -0.05) is 37.5 Å². The largest absolute Gasteiger partial charge is 0.480 e. The molecule has 1 aliphatic rings. The Bertz CT molecular complexity index is 562. The standard InChI is InChI=1S/C14H19NO4S/c16-13(17)11-15-14(9-5-2-6-10-14)20(18,19)12-7-3-1-4-8-12/h1,3-4,7-8,15H,2,5-6,9-11H2,(H,16,17). The number of benzene rings is 1. The molecule has 1 aromatic rings. The van der Waals surface area contributed by atoms with Gasteiger partial charge in [0.05, 0.1) is 11.4 Å². The number of carboxylic acids is 1. The van der Waals surface area contributed by atoms with Gasteiger partial charge in [-0.3, -0.25) is 10.1 Å². The minimum Gasteiger partial charge on any atom is -0.480 e. The molecule has 20 heavy (non-hydrogen) atoms. The molecule has 1 fully saturated rings. The maximum absolute atomic E-state index is 12.9. The second kappa shape index (κ2) is 5.93. The Morgan fingerprint density at radius 2 is 1.75 bits per heavy atom. The second-order valence-electron chi connectivity index (χ2n) is 5.12. The Hall–Kier alpha value is -1.40. The molecule has 0 radical (unpaired) electrons. The Kier molecular flexibility index (Phi) is 4.45. The molecular weight excluding hydrogens is 278 g/mol. The summed E-state index contributed by atoms with van der Waals surface area (Å²) in [7, 11) is -3.59. The molecule has 0 heterocycles. The highest BCUT2D eigenvalue weighted by atomic mass is 32.2. The van der Waals surface area contributed by atoms with Crippen LogP contribution < -0.4 is 5.32 Å². The van der Waals surface area contributed by atoms with Crippen molar-refractivity contribution in [1.82, 2.24) is 5.32 Å². The predicted octanol–water partition coefficient (Wildman–Crippen LogP) is 1.79. The lowest BCUT2D eigenvalue weighted by Crippen LogP contribution is -2.54. The number of carboxylic acid groups (broad SMARTS) is 1. The number of sulfone groups is 1. The van der Waals surface area contributed by atoms with E-state index in [2.05, 4.69) is 5.32 Å². The third-order valence-corrected chi connectivity index (χ3v) is 6.27. The van der Waals surface area contributed by atoms with Gasteiger partial charge in [0.1, 0.15) is 4.87 Å².